The Morgan fingerprint density at radius 1 is 1.29 bits per heavy atom. The second-order valence-electron chi connectivity index (χ2n) is 4.68. The molecule has 1 rings (SSSR count). The molecule has 0 bridgehead atoms. The lowest BCUT2D eigenvalue weighted by Crippen LogP contribution is -2.41. The number of aliphatic carboxylic acids is 1. The third kappa shape index (κ3) is 5.64. The minimum Gasteiger partial charge on any atom is -0.480 e. The van der Waals surface area contributed by atoms with Gasteiger partial charge in [-0.15, -0.1) is 0 Å². The molecule has 6 heteroatoms. The number of carbonyl (C=O) groups is 3. The molecule has 21 heavy (non-hydrogen) atoms. The average molecular weight is 293 g/mol. The smallest absolute Gasteiger partial charge is 0.326 e. The Balaban J connectivity index is 2.58. The van der Waals surface area contributed by atoms with Crippen molar-refractivity contribution in [1.82, 2.24) is 5.32 Å². The van der Waals surface area contributed by atoms with Gasteiger partial charge in [0.1, 0.15) is 6.04 Å². The van der Waals surface area contributed by atoms with E-state index in [0.717, 1.165) is 11.1 Å². The van der Waals surface area contributed by atoms with E-state index in [2.05, 4.69) is 10.1 Å². The van der Waals surface area contributed by atoms with Gasteiger partial charge < -0.3 is 15.2 Å². The molecule has 114 valence electrons. The van der Waals surface area contributed by atoms with Crippen molar-refractivity contribution >= 4 is 17.8 Å². The zero-order valence-electron chi connectivity index (χ0n) is 12.1. The van der Waals surface area contributed by atoms with E-state index in [9.17, 15) is 14.4 Å². The fourth-order valence-corrected chi connectivity index (χ4v) is 1.85. The van der Waals surface area contributed by atoms with Crippen molar-refractivity contribution in [2.24, 2.45) is 0 Å². The highest BCUT2D eigenvalue weighted by molar-refractivity contribution is 5.85. The van der Waals surface area contributed by atoms with Crippen LogP contribution in [0.1, 0.15) is 24.0 Å². The van der Waals surface area contributed by atoms with Gasteiger partial charge >= 0.3 is 11.9 Å². The maximum Gasteiger partial charge on any atom is 0.326 e. The third-order valence-electron chi connectivity index (χ3n) is 3.11. The van der Waals surface area contributed by atoms with Crippen LogP contribution in [0.3, 0.4) is 0 Å². The molecule has 0 aliphatic heterocycles. The van der Waals surface area contributed by atoms with Crippen LogP contribution >= 0.6 is 0 Å². The van der Waals surface area contributed by atoms with Crippen molar-refractivity contribution in [2.75, 3.05) is 7.11 Å². The van der Waals surface area contributed by atoms with E-state index in [1.165, 1.54) is 7.11 Å². The van der Waals surface area contributed by atoms with Crippen molar-refractivity contribution in [3.05, 3.63) is 35.4 Å². The van der Waals surface area contributed by atoms with Gasteiger partial charge in [-0.1, -0.05) is 24.3 Å². The monoisotopic (exact) mass is 293 g/mol. The van der Waals surface area contributed by atoms with E-state index in [4.69, 9.17) is 5.11 Å². The summed E-state index contributed by atoms with van der Waals surface area (Å²) in [5, 5.41) is 11.5. The summed E-state index contributed by atoms with van der Waals surface area (Å²) in [4.78, 5) is 34.0. The van der Waals surface area contributed by atoms with E-state index in [0.29, 0.717) is 0 Å². The molecule has 0 aliphatic carbocycles. The van der Waals surface area contributed by atoms with Crippen LogP contribution < -0.4 is 5.32 Å². The van der Waals surface area contributed by atoms with E-state index in [-0.39, 0.29) is 25.2 Å². The quantitative estimate of drug-likeness (QED) is 0.733. The number of ether oxygens (including phenoxy) is 1. The minimum atomic E-state index is -1.17. The number of amides is 1. The standard InChI is InChI=1S/C15H19NO5/c1-10-5-3-4-6-11(10)9-13(17)16-12(15(19)20)7-8-14(18)21-2/h3-6,12H,7-9H2,1-2H3,(H,16,17)(H,19,20). The van der Waals surface area contributed by atoms with Gasteiger partial charge in [-0.2, -0.15) is 0 Å². The van der Waals surface area contributed by atoms with Gasteiger partial charge in [0.25, 0.3) is 0 Å². The zero-order valence-corrected chi connectivity index (χ0v) is 12.1. The number of carbonyl (C=O) groups excluding carboxylic acids is 2. The van der Waals surface area contributed by atoms with Gasteiger partial charge in [-0.3, -0.25) is 9.59 Å². The summed E-state index contributed by atoms with van der Waals surface area (Å²) < 4.78 is 4.45. The van der Waals surface area contributed by atoms with Crippen molar-refractivity contribution in [1.29, 1.82) is 0 Å². The molecule has 0 radical (unpaired) electrons. The molecule has 1 aromatic rings. The number of nitrogens with one attached hydrogen (secondary N) is 1. The summed E-state index contributed by atoms with van der Waals surface area (Å²) >= 11 is 0. The first-order valence-electron chi connectivity index (χ1n) is 6.57. The number of benzene rings is 1. The van der Waals surface area contributed by atoms with Crippen molar-refractivity contribution < 1.29 is 24.2 Å². The first-order valence-corrected chi connectivity index (χ1v) is 6.57. The van der Waals surface area contributed by atoms with Crippen LogP contribution in [0.15, 0.2) is 24.3 Å². The van der Waals surface area contributed by atoms with Crippen molar-refractivity contribution in [3.63, 3.8) is 0 Å². The molecule has 2 N–H and O–H groups in total. The number of carboxylic acids is 1. The molecule has 0 fully saturated rings. The molecule has 1 aromatic carbocycles. The number of hydrogen-bond donors (Lipinski definition) is 2. The van der Waals surface area contributed by atoms with Crippen LogP contribution in [-0.4, -0.2) is 36.1 Å². The van der Waals surface area contributed by atoms with Crippen molar-refractivity contribution in [2.45, 2.75) is 32.2 Å². The van der Waals surface area contributed by atoms with Gasteiger partial charge in [0, 0.05) is 6.42 Å². The van der Waals surface area contributed by atoms with E-state index in [1.807, 2.05) is 31.2 Å². The maximum absolute atomic E-state index is 11.9. The van der Waals surface area contributed by atoms with Gasteiger partial charge in [-0.25, -0.2) is 4.79 Å². The summed E-state index contributed by atoms with van der Waals surface area (Å²) in [6, 6.07) is 6.29. The van der Waals surface area contributed by atoms with Gasteiger partial charge in [0.05, 0.1) is 13.5 Å². The molecule has 0 aliphatic rings. The van der Waals surface area contributed by atoms with E-state index >= 15 is 0 Å². The minimum absolute atomic E-state index is 0.00151. The molecule has 0 aromatic heterocycles. The SMILES string of the molecule is COC(=O)CCC(NC(=O)Cc1ccccc1C)C(=O)O. The topological polar surface area (TPSA) is 92.7 Å². The molecule has 1 unspecified atom stereocenters. The zero-order chi connectivity index (χ0) is 15.8. The Kier molecular flexibility index (Phi) is 6.39. The van der Waals surface area contributed by atoms with Crippen LogP contribution in [0.4, 0.5) is 0 Å². The summed E-state index contributed by atoms with van der Waals surface area (Å²) in [7, 11) is 1.23. The first-order chi connectivity index (χ1) is 9.93. The Labute approximate surface area is 123 Å². The highest BCUT2D eigenvalue weighted by Gasteiger charge is 2.21. The van der Waals surface area contributed by atoms with E-state index in [1.54, 1.807) is 0 Å². The summed E-state index contributed by atoms with van der Waals surface area (Å²) in [6.07, 6.45) is 0.0499. The Hall–Kier alpha value is -2.37. The molecule has 0 saturated carbocycles. The van der Waals surface area contributed by atoms with E-state index < -0.39 is 18.0 Å². The second-order valence-corrected chi connectivity index (χ2v) is 4.68. The lowest BCUT2D eigenvalue weighted by Gasteiger charge is -2.14. The molecule has 0 spiro atoms. The normalized spacial score (nSPS) is 11.5. The summed E-state index contributed by atoms with van der Waals surface area (Å²) in [6.45, 7) is 1.88. The van der Waals surface area contributed by atoms with Crippen LogP contribution in [0.5, 0.6) is 0 Å². The maximum atomic E-state index is 11.9. The number of aryl methyl sites for hydroxylation is 1. The number of carboxylic acid groups (broad SMARTS) is 1. The molecule has 0 saturated heterocycles. The molecule has 1 atom stereocenters. The lowest BCUT2D eigenvalue weighted by molar-refractivity contribution is -0.144. The number of methoxy groups -OCH3 is 1. The van der Waals surface area contributed by atoms with Gasteiger partial charge in [0.2, 0.25) is 5.91 Å². The summed E-state index contributed by atoms with van der Waals surface area (Å²) in [5.74, 6) is -2.06. The van der Waals surface area contributed by atoms with Crippen molar-refractivity contribution in [3.8, 4) is 0 Å². The molecular formula is C15H19NO5. The Bertz CT molecular complexity index is 527. The largest absolute Gasteiger partial charge is 0.480 e. The Morgan fingerprint density at radius 3 is 2.52 bits per heavy atom. The predicted octanol–water partition coefficient (Wildman–Crippen LogP) is 1.06. The molecule has 0 heterocycles. The number of hydrogen-bond acceptors (Lipinski definition) is 4. The summed E-state index contributed by atoms with van der Waals surface area (Å²) in [5.41, 5.74) is 1.81. The number of rotatable bonds is 7. The second kappa shape index (κ2) is 8.04. The highest BCUT2D eigenvalue weighted by atomic mass is 16.5. The fourth-order valence-electron chi connectivity index (χ4n) is 1.85. The Morgan fingerprint density at radius 2 is 1.95 bits per heavy atom. The van der Waals surface area contributed by atoms with Crippen LogP contribution in [0, 0.1) is 6.92 Å². The molecule has 6 nitrogen and oxygen atoms in total. The fraction of sp³-hybridized carbons (Fsp3) is 0.400. The van der Waals surface area contributed by atoms with Crippen LogP contribution in [-0.2, 0) is 25.5 Å². The number of esters is 1. The molecule has 1 amide bonds. The predicted molar refractivity (Wildman–Crippen MR) is 75.7 cm³/mol. The molecular weight excluding hydrogens is 274 g/mol. The third-order valence-corrected chi connectivity index (χ3v) is 3.11. The lowest BCUT2D eigenvalue weighted by atomic mass is 10.0. The van der Waals surface area contributed by atoms with Crippen LogP contribution in [0.25, 0.3) is 0 Å². The average Bonchev–Trinajstić information content (AvgIpc) is 2.45. The highest BCUT2D eigenvalue weighted by Crippen LogP contribution is 2.08. The van der Waals surface area contributed by atoms with Gasteiger partial charge in [-0.05, 0) is 24.5 Å². The first kappa shape index (κ1) is 16.7. The van der Waals surface area contributed by atoms with Crippen LogP contribution in [0.2, 0.25) is 0 Å². The van der Waals surface area contributed by atoms with Gasteiger partial charge in [0.15, 0.2) is 0 Å².